The van der Waals surface area contributed by atoms with Crippen molar-refractivity contribution in [1.29, 1.82) is 0 Å². The van der Waals surface area contributed by atoms with Crippen LogP contribution in [0.15, 0.2) is 59.7 Å². The van der Waals surface area contributed by atoms with E-state index in [2.05, 4.69) is 10.3 Å². The zero-order valence-corrected chi connectivity index (χ0v) is 15.0. The van der Waals surface area contributed by atoms with Crippen molar-refractivity contribution in [3.8, 4) is 0 Å². The van der Waals surface area contributed by atoms with E-state index in [1.165, 1.54) is 0 Å². The quantitative estimate of drug-likeness (QED) is 0.434. The average Bonchev–Trinajstić information content (AvgIpc) is 3.27. The molecule has 0 aliphatic carbocycles. The first-order valence-electron chi connectivity index (χ1n) is 15.2. The van der Waals surface area contributed by atoms with Crippen molar-refractivity contribution in [2.75, 3.05) is 24.1 Å². The van der Waals surface area contributed by atoms with E-state index < -0.39 is 120 Å². The number of nitrogens with zero attached hydrogens (tertiary/aromatic N) is 1. The Morgan fingerprint density at radius 1 is 1.29 bits per heavy atom. The summed E-state index contributed by atoms with van der Waals surface area (Å²) in [6.45, 7) is -3.66. The summed E-state index contributed by atoms with van der Waals surface area (Å²) in [6, 6.07) is -7.43. The first kappa shape index (κ1) is 8.32. The maximum atomic E-state index is 12.7. The van der Waals surface area contributed by atoms with Crippen molar-refractivity contribution in [2.24, 2.45) is 0 Å². The molecule has 3 rings (SSSR count). The van der Waals surface area contributed by atoms with Crippen molar-refractivity contribution in [2.45, 2.75) is 18.9 Å². The molecule has 1 amide bonds. The number of hydrogen-bond donors (Lipinski definition) is 4. The summed E-state index contributed by atoms with van der Waals surface area (Å²) in [5.41, 5.74) is 2.82. The molecule has 28 heavy (non-hydrogen) atoms. The van der Waals surface area contributed by atoms with E-state index in [4.69, 9.17) is 26.3 Å². The number of carbonyl (C=O) groups excluding carboxylic acids is 1. The van der Waals surface area contributed by atoms with Crippen LogP contribution >= 0.6 is 11.3 Å². The molecular weight excluding hydrogens is 372 g/mol. The van der Waals surface area contributed by atoms with Crippen molar-refractivity contribution >= 4 is 28.1 Å². The normalized spacial score (nSPS) is 21.7. The smallest absolute Gasteiger partial charge is 0.230 e. The molecule has 1 atom stereocenters. The number of amides is 1. The minimum atomic E-state index is -2.94. The van der Waals surface area contributed by atoms with E-state index in [1.54, 1.807) is 0 Å². The van der Waals surface area contributed by atoms with Crippen LogP contribution in [0.2, 0.25) is 0 Å². The maximum absolute atomic E-state index is 12.7. The third kappa shape index (κ3) is 6.16. The van der Waals surface area contributed by atoms with Gasteiger partial charge >= 0.3 is 0 Å². The van der Waals surface area contributed by atoms with Gasteiger partial charge in [0.15, 0.2) is 5.13 Å². The minimum absolute atomic E-state index is 0.176. The van der Waals surface area contributed by atoms with Gasteiger partial charge in [-0.15, -0.1) is 11.3 Å². The Kier molecular flexibility index (Phi) is 2.97. The Morgan fingerprint density at radius 3 is 2.71 bits per heavy atom. The molecule has 7 heteroatoms. The summed E-state index contributed by atoms with van der Waals surface area (Å²) < 4.78 is 121. The van der Waals surface area contributed by atoms with Gasteiger partial charge in [0.05, 0.1) is 33.2 Å². The number of carbonyl (C=O) groups is 1. The fourth-order valence-electron chi connectivity index (χ4n) is 1.83. The summed E-state index contributed by atoms with van der Waals surface area (Å²) in [5, 5.41) is 14.2. The van der Waals surface area contributed by atoms with Gasteiger partial charge in [0, 0.05) is 23.1 Å². The lowest BCUT2D eigenvalue weighted by Crippen LogP contribution is -2.23. The van der Waals surface area contributed by atoms with Crippen LogP contribution in [-0.2, 0) is 17.6 Å². The highest BCUT2D eigenvalue weighted by atomic mass is 32.1. The van der Waals surface area contributed by atoms with Gasteiger partial charge in [0.1, 0.15) is 0 Å². The zero-order valence-electron chi connectivity index (χ0n) is 29.2. The van der Waals surface area contributed by atoms with Crippen LogP contribution in [0, 0.1) is 0 Å². The van der Waals surface area contributed by atoms with Gasteiger partial charge in [-0.1, -0.05) is 42.3 Å². The number of hydrogen-bond acceptors (Lipinski definition) is 6. The molecule has 5 N–H and O–H groups in total. The number of thiazole rings is 1. The summed E-state index contributed by atoms with van der Waals surface area (Å²) in [7, 11) is 0. The Morgan fingerprint density at radius 2 is 2.04 bits per heavy atom. The molecule has 0 saturated heterocycles. The Bertz CT molecular complexity index is 1550. The molecule has 1 heterocycles. The van der Waals surface area contributed by atoms with Crippen LogP contribution in [-0.4, -0.2) is 29.0 Å². The van der Waals surface area contributed by atoms with Gasteiger partial charge in [-0.05, 0) is 36.1 Å². The molecule has 0 saturated carbocycles. The van der Waals surface area contributed by atoms with E-state index in [9.17, 15) is 9.90 Å². The average molecular weight is 412 g/mol. The second-order valence-corrected chi connectivity index (χ2v) is 5.92. The number of benzene rings is 2. The number of anilines is 2. The molecule has 0 fully saturated rings. The molecule has 0 aliphatic rings. The number of nitrogen functional groups attached to an aromatic ring is 1. The molecule has 0 bridgehead atoms. The molecular formula is C21H24N4O2S. The van der Waals surface area contributed by atoms with Crippen LogP contribution < -0.4 is 16.4 Å². The SMILES string of the molecule is [2H]c1sc(N)nc1C([2H])([2H])C(=O)Nc1c([2H])c([2H])c(CC([2H])([2H])NC[C@]([2H])(O)c2c([2H])c([2H])c([2H])c([2H])c2[2H])c([2H])c1[2H]. The molecule has 0 unspecified atom stereocenters. The standard InChI is InChI=1S/C21H24N4O2S/c22-21-25-18(14-28-21)12-20(27)24-17-8-6-15(7-9-17)10-11-23-13-19(26)16-4-2-1-3-5-16/h1-9,14,19,23,26H,10-13H2,(H2,22,25)(H,24,27)/t19-/m0/s1/i1D,2D,3D,4D,5D,6D,7D,8D,9D,11D2,12D2,14D,19D. The molecule has 1 aromatic heterocycles. The third-order valence-electron chi connectivity index (χ3n) is 3.06. The predicted molar refractivity (Wildman–Crippen MR) is 113 cm³/mol. The second-order valence-electron chi connectivity index (χ2n) is 5.09. The Hall–Kier alpha value is -2.74. The van der Waals surface area contributed by atoms with E-state index >= 15 is 0 Å². The van der Waals surface area contributed by atoms with Crippen LogP contribution in [0.1, 0.15) is 43.5 Å². The van der Waals surface area contributed by atoms with Crippen molar-refractivity contribution in [1.82, 2.24) is 10.3 Å². The fourth-order valence-corrected chi connectivity index (χ4v) is 2.27. The summed E-state index contributed by atoms with van der Waals surface area (Å²) in [4.78, 5) is 16.4. The Labute approximate surface area is 189 Å². The molecule has 0 aliphatic heterocycles. The highest BCUT2D eigenvalue weighted by Crippen LogP contribution is 2.14. The summed E-state index contributed by atoms with van der Waals surface area (Å²) in [6.07, 6.45) is -6.75. The lowest BCUT2D eigenvalue weighted by Gasteiger charge is -2.12. The van der Waals surface area contributed by atoms with Gasteiger partial charge in [0.25, 0.3) is 0 Å². The largest absolute Gasteiger partial charge is 0.387 e. The third-order valence-corrected chi connectivity index (χ3v) is 3.65. The van der Waals surface area contributed by atoms with E-state index in [0.717, 1.165) is 0 Å². The van der Waals surface area contributed by atoms with E-state index in [-0.39, 0.29) is 5.13 Å². The highest BCUT2D eigenvalue weighted by molar-refractivity contribution is 7.13. The van der Waals surface area contributed by atoms with E-state index in [0.29, 0.717) is 11.3 Å². The minimum Gasteiger partial charge on any atom is -0.387 e. The van der Waals surface area contributed by atoms with Gasteiger partial charge in [-0.25, -0.2) is 4.98 Å². The molecule has 6 nitrogen and oxygen atoms in total. The number of aromatic nitrogens is 1. The van der Waals surface area contributed by atoms with Crippen LogP contribution in [0.4, 0.5) is 10.8 Å². The molecule has 0 radical (unpaired) electrons. The summed E-state index contributed by atoms with van der Waals surface area (Å²) >= 11 is 0.613. The Balaban J connectivity index is 1.88. The molecule has 146 valence electrons. The zero-order chi connectivity index (χ0) is 33.0. The monoisotopic (exact) mass is 411 g/mol. The fraction of sp³-hybridized carbons (Fsp3) is 0.238. The van der Waals surface area contributed by atoms with Crippen molar-refractivity contribution < 1.29 is 30.5 Å². The van der Waals surface area contributed by atoms with Crippen LogP contribution in [0.25, 0.3) is 0 Å². The first-order valence-corrected chi connectivity index (χ1v) is 8.55. The molecule has 3 aromatic rings. The van der Waals surface area contributed by atoms with Gasteiger partial charge in [-0.3, -0.25) is 4.79 Å². The second kappa shape index (κ2) is 9.98. The topological polar surface area (TPSA) is 100 Å². The maximum Gasteiger partial charge on any atom is 0.230 e. The molecule has 0 spiro atoms. The van der Waals surface area contributed by atoms with Crippen molar-refractivity contribution in [3.05, 3.63) is 76.6 Å². The number of nitrogens with two attached hydrogens (primary N) is 1. The van der Waals surface area contributed by atoms with Crippen molar-refractivity contribution in [3.63, 3.8) is 0 Å². The molecule has 2 aromatic carbocycles. The lowest BCUT2D eigenvalue weighted by molar-refractivity contribution is -0.115. The van der Waals surface area contributed by atoms with Gasteiger partial charge in [-0.2, -0.15) is 0 Å². The summed E-state index contributed by atoms with van der Waals surface area (Å²) in [5.74, 6) is -1.46. The highest BCUT2D eigenvalue weighted by Gasteiger charge is 2.08. The van der Waals surface area contributed by atoms with Gasteiger partial charge < -0.3 is 21.5 Å². The van der Waals surface area contributed by atoms with Crippen LogP contribution in [0.3, 0.4) is 0 Å². The number of nitrogens with one attached hydrogen (secondary N) is 2. The predicted octanol–water partition coefficient (Wildman–Crippen LogP) is 2.77. The number of rotatable bonds is 9. The van der Waals surface area contributed by atoms with Gasteiger partial charge in [0.2, 0.25) is 5.91 Å². The van der Waals surface area contributed by atoms with Crippen LogP contribution in [0.5, 0.6) is 0 Å². The van der Waals surface area contributed by atoms with E-state index in [1.807, 2.05) is 5.32 Å². The first-order chi connectivity index (χ1) is 19.5. The number of aliphatic hydroxyl groups is 1. The lowest BCUT2D eigenvalue weighted by atomic mass is 10.1.